The molecule has 33 heavy (non-hydrogen) atoms. The highest BCUT2D eigenvalue weighted by molar-refractivity contribution is 7.07. The van der Waals surface area contributed by atoms with Crippen molar-refractivity contribution in [2.45, 2.75) is 19.4 Å². The average Bonchev–Trinajstić information content (AvgIpc) is 3.42. The Hall–Kier alpha value is -3.49. The summed E-state index contributed by atoms with van der Waals surface area (Å²) in [5.74, 6) is 0.231. The van der Waals surface area contributed by atoms with Crippen molar-refractivity contribution >= 4 is 39.9 Å². The Morgan fingerprint density at radius 2 is 1.97 bits per heavy atom. The van der Waals surface area contributed by atoms with E-state index in [-0.39, 0.29) is 24.5 Å². The normalized spacial score (nSPS) is 12.0. The van der Waals surface area contributed by atoms with Crippen LogP contribution in [0.2, 0.25) is 0 Å². The van der Waals surface area contributed by atoms with E-state index in [1.54, 1.807) is 23.5 Å². The van der Waals surface area contributed by atoms with E-state index >= 15 is 0 Å². The maximum absolute atomic E-state index is 13.1. The van der Waals surface area contributed by atoms with Gasteiger partial charge in [-0.05, 0) is 47.9 Å². The van der Waals surface area contributed by atoms with Gasteiger partial charge in [0.05, 0.1) is 16.7 Å². The molecule has 0 aliphatic heterocycles. The van der Waals surface area contributed by atoms with Crippen LogP contribution in [0, 0.1) is 0 Å². The summed E-state index contributed by atoms with van der Waals surface area (Å²) < 4.78 is 6.88. The van der Waals surface area contributed by atoms with Gasteiger partial charge in [-0.25, -0.2) is 4.98 Å². The van der Waals surface area contributed by atoms with Crippen molar-refractivity contribution in [3.05, 3.63) is 70.4 Å². The largest absolute Gasteiger partial charge is 0.375 e. The molecular weight excluding hydrogens is 436 g/mol. The van der Waals surface area contributed by atoms with Gasteiger partial charge in [0.15, 0.2) is 0 Å². The van der Waals surface area contributed by atoms with Crippen molar-refractivity contribution in [3.8, 4) is 11.4 Å². The summed E-state index contributed by atoms with van der Waals surface area (Å²) in [6, 6.07) is 15.3. The third-order valence-electron chi connectivity index (χ3n) is 5.31. The first kappa shape index (κ1) is 22.7. The molecule has 7 nitrogen and oxygen atoms in total. The number of amides is 2. The molecule has 1 atom stereocenters. The van der Waals surface area contributed by atoms with Gasteiger partial charge in [0, 0.05) is 31.3 Å². The van der Waals surface area contributed by atoms with E-state index in [2.05, 4.69) is 22.1 Å². The molecular formula is C25H26N4O3S. The minimum Gasteiger partial charge on any atom is -0.375 e. The van der Waals surface area contributed by atoms with Gasteiger partial charge in [0.2, 0.25) is 5.91 Å². The third kappa shape index (κ3) is 5.13. The van der Waals surface area contributed by atoms with Gasteiger partial charge < -0.3 is 19.9 Å². The SMILES string of the molecule is COCC(=O)Nc1cc(C(=O)NC(C)Cc2ccsc2)cc2nc(-c3ccccc3)n(C)c12. The number of thiophene rings is 1. The molecule has 0 bridgehead atoms. The highest BCUT2D eigenvalue weighted by atomic mass is 32.1. The fourth-order valence-electron chi connectivity index (χ4n) is 3.86. The predicted molar refractivity (Wildman–Crippen MR) is 132 cm³/mol. The lowest BCUT2D eigenvalue weighted by molar-refractivity contribution is -0.119. The number of hydrogen-bond donors (Lipinski definition) is 2. The molecule has 2 amide bonds. The number of aromatic nitrogens is 2. The molecule has 0 aliphatic carbocycles. The maximum Gasteiger partial charge on any atom is 0.251 e. The number of hydrogen-bond acceptors (Lipinski definition) is 5. The quantitative estimate of drug-likeness (QED) is 0.410. The lowest BCUT2D eigenvalue weighted by Crippen LogP contribution is -2.34. The summed E-state index contributed by atoms with van der Waals surface area (Å²) in [4.78, 5) is 30.2. The van der Waals surface area contributed by atoms with E-state index < -0.39 is 0 Å². The summed E-state index contributed by atoms with van der Waals surface area (Å²) in [5, 5.41) is 10.0. The second kappa shape index (κ2) is 9.97. The van der Waals surface area contributed by atoms with Gasteiger partial charge in [-0.2, -0.15) is 11.3 Å². The zero-order chi connectivity index (χ0) is 23.4. The standard InChI is InChI=1S/C25H26N4O3S/c1-16(11-17-9-10-33-15-17)26-25(31)19-12-20(27-22(30)14-32-3)23-21(13-19)28-24(29(23)2)18-7-5-4-6-8-18/h4-10,12-13,15-16H,11,14H2,1-3H3,(H,26,31)(H,27,30). The van der Waals surface area contributed by atoms with E-state index in [0.717, 1.165) is 23.3 Å². The van der Waals surface area contributed by atoms with Crippen LogP contribution in [0.25, 0.3) is 22.4 Å². The number of benzene rings is 2. The van der Waals surface area contributed by atoms with Gasteiger partial charge in [-0.3, -0.25) is 9.59 Å². The van der Waals surface area contributed by atoms with Crippen LogP contribution in [0.4, 0.5) is 5.69 Å². The molecule has 1 unspecified atom stereocenters. The summed E-state index contributed by atoms with van der Waals surface area (Å²) in [6.07, 6.45) is 0.747. The molecule has 0 radical (unpaired) electrons. The lowest BCUT2D eigenvalue weighted by atomic mass is 10.1. The Kier molecular flexibility index (Phi) is 6.86. The molecule has 0 fully saturated rings. The molecule has 2 aromatic carbocycles. The summed E-state index contributed by atoms with van der Waals surface area (Å²) in [6.45, 7) is 1.89. The Balaban J connectivity index is 1.70. The molecule has 2 aromatic heterocycles. The molecule has 2 heterocycles. The Bertz CT molecular complexity index is 1270. The second-order valence-electron chi connectivity index (χ2n) is 7.94. The number of fused-ring (bicyclic) bond motifs is 1. The molecule has 2 N–H and O–H groups in total. The number of carbonyl (C=O) groups is 2. The average molecular weight is 463 g/mol. The Morgan fingerprint density at radius 3 is 2.67 bits per heavy atom. The molecule has 0 aliphatic rings. The van der Waals surface area contributed by atoms with Gasteiger partial charge in [0.1, 0.15) is 12.4 Å². The maximum atomic E-state index is 13.1. The molecule has 0 spiro atoms. The van der Waals surface area contributed by atoms with Crippen molar-refractivity contribution in [3.63, 3.8) is 0 Å². The molecule has 0 saturated carbocycles. The van der Waals surface area contributed by atoms with Crippen molar-refractivity contribution in [2.24, 2.45) is 7.05 Å². The number of nitrogens with one attached hydrogen (secondary N) is 2. The highest BCUT2D eigenvalue weighted by Gasteiger charge is 2.19. The van der Waals surface area contributed by atoms with E-state index in [4.69, 9.17) is 9.72 Å². The number of nitrogens with zero attached hydrogens (tertiary/aromatic N) is 2. The van der Waals surface area contributed by atoms with Crippen molar-refractivity contribution < 1.29 is 14.3 Å². The van der Waals surface area contributed by atoms with Crippen LogP contribution in [-0.4, -0.2) is 41.1 Å². The van der Waals surface area contributed by atoms with Gasteiger partial charge >= 0.3 is 0 Å². The van der Waals surface area contributed by atoms with Crippen LogP contribution in [0.3, 0.4) is 0 Å². The van der Waals surface area contributed by atoms with Crippen molar-refractivity contribution in [1.29, 1.82) is 0 Å². The van der Waals surface area contributed by atoms with E-state index in [9.17, 15) is 9.59 Å². The second-order valence-corrected chi connectivity index (χ2v) is 8.72. The zero-order valence-corrected chi connectivity index (χ0v) is 19.6. The fourth-order valence-corrected chi connectivity index (χ4v) is 4.54. The van der Waals surface area contributed by atoms with Gasteiger partial charge in [-0.1, -0.05) is 30.3 Å². The minimum atomic E-state index is -0.301. The van der Waals surface area contributed by atoms with Crippen LogP contribution >= 0.6 is 11.3 Å². The first-order valence-electron chi connectivity index (χ1n) is 10.6. The van der Waals surface area contributed by atoms with Crippen LogP contribution in [0.15, 0.2) is 59.3 Å². The van der Waals surface area contributed by atoms with E-state index in [1.807, 2.05) is 54.3 Å². The number of anilines is 1. The smallest absolute Gasteiger partial charge is 0.251 e. The van der Waals surface area contributed by atoms with Gasteiger partial charge in [-0.15, -0.1) is 0 Å². The van der Waals surface area contributed by atoms with Crippen LogP contribution in [-0.2, 0) is 23.0 Å². The summed E-state index contributed by atoms with van der Waals surface area (Å²) in [7, 11) is 3.36. The lowest BCUT2D eigenvalue weighted by Gasteiger charge is -2.15. The zero-order valence-electron chi connectivity index (χ0n) is 18.8. The molecule has 4 aromatic rings. The van der Waals surface area contributed by atoms with Crippen LogP contribution in [0.1, 0.15) is 22.8 Å². The number of rotatable bonds is 8. The van der Waals surface area contributed by atoms with E-state index in [1.165, 1.54) is 12.7 Å². The Labute approximate surface area is 196 Å². The monoisotopic (exact) mass is 462 g/mol. The topological polar surface area (TPSA) is 85.2 Å². The molecule has 0 saturated heterocycles. The van der Waals surface area contributed by atoms with Gasteiger partial charge in [0.25, 0.3) is 5.91 Å². The van der Waals surface area contributed by atoms with Crippen molar-refractivity contribution in [2.75, 3.05) is 19.0 Å². The van der Waals surface area contributed by atoms with Crippen molar-refractivity contribution in [1.82, 2.24) is 14.9 Å². The van der Waals surface area contributed by atoms with E-state index in [0.29, 0.717) is 16.8 Å². The summed E-state index contributed by atoms with van der Waals surface area (Å²) >= 11 is 1.64. The first-order chi connectivity index (χ1) is 16.0. The van der Waals surface area contributed by atoms with Crippen LogP contribution in [0.5, 0.6) is 0 Å². The fraction of sp³-hybridized carbons (Fsp3) is 0.240. The Morgan fingerprint density at radius 1 is 1.18 bits per heavy atom. The molecule has 170 valence electrons. The number of methoxy groups -OCH3 is 1. The number of ether oxygens (including phenoxy) is 1. The molecule has 8 heteroatoms. The predicted octanol–water partition coefficient (Wildman–Crippen LogP) is 4.25. The first-order valence-corrected chi connectivity index (χ1v) is 11.6. The minimum absolute atomic E-state index is 0.0436. The number of imidazole rings is 1. The molecule has 4 rings (SSSR count). The third-order valence-corrected chi connectivity index (χ3v) is 6.04. The number of carbonyl (C=O) groups excluding carboxylic acids is 2. The number of aryl methyl sites for hydroxylation is 1. The highest BCUT2D eigenvalue weighted by Crippen LogP contribution is 2.30. The summed E-state index contributed by atoms with van der Waals surface area (Å²) in [5.41, 5.74) is 4.45. The van der Waals surface area contributed by atoms with Crippen LogP contribution < -0.4 is 10.6 Å².